The Morgan fingerprint density at radius 2 is 1.62 bits per heavy atom. The molecule has 0 saturated heterocycles. The predicted octanol–water partition coefficient (Wildman–Crippen LogP) is 2.85. The van der Waals surface area contributed by atoms with Crippen LogP contribution in [0.1, 0.15) is 10.4 Å². The largest absolute Gasteiger partial charge is 0.343 e. The second-order valence-electron chi connectivity index (χ2n) is 5.24. The summed E-state index contributed by atoms with van der Waals surface area (Å²) in [4.78, 5) is 23.9. The van der Waals surface area contributed by atoms with Crippen molar-refractivity contribution in [3.8, 4) is 5.69 Å². The van der Waals surface area contributed by atoms with Gasteiger partial charge in [0.2, 0.25) is 5.91 Å². The molecule has 0 unspecified atom stereocenters. The first kappa shape index (κ1) is 15.6. The van der Waals surface area contributed by atoms with E-state index >= 15 is 0 Å². The van der Waals surface area contributed by atoms with Crippen LogP contribution in [0.15, 0.2) is 79.1 Å². The van der Waals surface area contributed by atoms with E-state index in [1.54, 1.807) is 24.3 Å². The minimum absolute atomic E-state index is 0.0819. The zero-order valence-corrected chi connectivity index (χ0v) is 13.0. The molecule has 0 saturated carbocycles. The van der Waals surface area contributed by atoms with E-state index in [0.29, 0.717) is 11.3 Å². The molecular weight excluding hydrogens is 302 g/mol. The number of hydrogen-bond acceptors (Lipinski definition) is 2. The molecule has 1 heterocycles. The maximum Gasteiger partial charge on any atom is 0.251 e. The van der Waals surface area contributed by atoms with Crippen LogP contribution in [0.4, 0.5) is 5.69 Å². The van der Waals surface area contributed by atoms with Gasteiger partial charge >= 0.3 is 0 Å². The summed E-state index contributed by atoms with van der Waals surface area (Å²) in [5.41, 5.74) is 2.16. The third kappa shape index (κ3) is 3.89. The van der Waals surface area contributed by atoms with Gasteiger partial charge in [0.1, 0.15) is 0 Å². The molecule has 0 atom stereocenters. The molecule has 0 fully saturated rings. The van der Waals surface area contributed by atoms with E-state index in [4.69, 9.17) is 0 Å². The van der Waals surface area contributed by atoms with Gasteiger partial charge in [-0.2, -0.15) is 0 Å². The standard InChI is InChI=1S/C19H17N3O2/c23-18(14-20-19(24)15-7-2-1-3-8-15)21-16-9-6-10-17(13-16)22-11-4-5-12-22/h1-13H,14H2,(H,20,24)(H,21,23). The topological polar surface area (TPSA) is 63.1 Å². The Labute approximate surface area is 139 Å². The van der Waals surface area contributed by atoms with Crippen molar-refractivity contribution in [2.75, 3.05) is 11.9 Å². The van der Waals surface area contributed by atoms with Crippen molar-refractivity contribution < 1.29 is 9.59 Å². The van der Waals surface area contributed by atoms with Gasteiger partial charge < -0.3 is 15.2 Å². The van der Waals surface area contributed by atoms with Gasteiger partial charge in [0.05, 0.1) is 6.54 Å². The van der Waals surface area contributed by atoms with Crippen LogP contribution in [0, 0.1) is 0 Å². The Morgan fingerprint density at radius 1 is 0.875 bits per heavy atom. The quantitative estimate of drug-likeness (QED) is 0.759. The number of carbonyl (C=O) groups is 2. The highest BCUT2D eigenvalue weighted by atomic mass is 16.2. The third-order valence-corrected chi connectivity index (χ3v) is 3.48. The lowest BCUT2D eigenvalue weighted by atomic mass is 10.2. The number of carbonyl (C=O) groups excluding carboxylic acids is 2. The minimum atomic E-state index is -0.274. The lowest BCUT2D eigenvalue weighted by molar-refractivity contribution is -0.115. The van der Waals surface area contributed by atoms with Crippen LogP contribution in [0.3, 0.4) is 0 Å². The Hall–Kier alpha value is -3.34. The Bertz CT molecular complexity index is 827. The maximum atomic E-state index is 12.0. The van der Waals surface area contributed by atoms with Gasteiger partial charge in [0.15, 0.2) is 0 Å². The molecule has 1 aromatic heterocycles. The van der Waals surface area contributed by atoms with Crippen molar-refractivity contribution in [3.05, 3.63) is 84.7 Å². The van der Waals surface area contributed by atoms with Gasteiger partial charge in [-0.1, -0.05) is 24.3 Å². The zero-order valence-electron chi connectivity index (χ0n) is 13.0. The lowest BCUT2D eigenvalue weighted by Gasteiger charge is -2.09. The van der Waals surface area contributed by atoms with Crippen molar-refractivity contribution in [2.24, 2.45) is 0 Å². The number of nitrogens with zero attached hydrogens (tertiary/aromatic N) is 1. The van der Waals surface area contributed by atoms with E-state index in [-0.39, 0.29) is 18.4 Å². The molecule has 5 nitrogen and oxygen atoms in total. The summed E-state index contributed by atoms with van der Waals surface area (Å²) >= 11 is 0. The number of aromatic nitrogens is 1. The van der Waals surface area contributed by atoms with Crippen LogP contribution in [0.5, 0.6) is 0 Å². The molecule has 0 aliphatic rings. The third-order valence-electron chi connectivity index (χ3n) is 3.48. The van der Waals surface area contributed by atoms with Crippen LogP contribution in [0.2, 0.25) is 0 Å². The number of benzene rings is 2. The van der Waals surface area contributed by atoms with Crippen molar-refractivity contribution in [3.63, 3.8) is 0 Å². The Morgan fingerprint density at radius 3 is 2.38 bits per heavy atom. The SMILES string of the molecule is O=C(CNC(=O)c1ccccc1)Nc1cccc(-n2cccc2)c1. The number of rotatable bonds is 5. The molecule has 0 radical (unpaired) electrons. The number of nitrogens with one attached hydrogen (secondary N) is 2. The molecule has 3 rings (SSSR count). The lowest BCUT2D eigenvalue weighted by Crippen LogP contribution is -2.32. The van der Waals surface area contributed by atoms with Crippen molar-refractivity contribution in [1.82, 2.24) is 9.88 Å². The fourth-order valence-electron chi connectivity index (χ4n) is 2.31. The van der Waals surface area contributed by atoms with Gasteiger partial charge in [-0.05, 0) is 42.5 Å². The van der Waals surface area contributed by atoms with Crippen LogP contribution >= 0.6 is 0 Å². The molecule has 0 bridgehead atoms. The monoisotopic (exact) mass is 319 g/mol. The van der Waals surface area contributed by atoms with E-state index in [0.717, 1.165) is 5.69 Å². The van der Waals surface area contributed by atoms with E-state index in [1.807, 2.05) is 59.4 Å². The first-order valence-corrected chi connectivity index (χ1v) is 7.59. The van der Waals surface area contributed by atoms with Crippen molar-refractivity contribution in [1.29, 1.82) is 0 Å². The molecule has 0 spiro atoms. The highest BCUT2D eigenvalue weighted by Gasteiger charge is 2.08. The van der Waals surface area contributed by atoms with Gasteiger partial charge in [0, 0.05) is 29.3 Å². The summed E-state index contributed by atoms with van der Waals surface area (Å²) < 4.78 is 1.95. The summed E-state index contributed by atoms with van der Waals surface area (Å²) in [6.45, 7) is -0.0819. The van der Waals surface area contributed by atoms with Gasteiger partial charge in [-0.3, -0.25) is 9.59 Å². The molecule has 2 aromatic carbocycles. The van der Waals surface area contributed by atoms with E-state index in [9.17, 15) is 9.59 Å². The molecule has 0 aliphatic heterocycles. The van der Waals surface area contributed by atoms with Crippen molar-refractivity contribution in [2.45, 2.75) is 0 Å². The molecule has 5 heteroatoms. The molecule has 3 aromatic rings. The number of anilines is 1. The van der Waals surface area contributed by atoms with Gasteiger partial charge in [0.25, 0.3) is 5.91 Å². The van der Waals surface area contributed by atoms with E-state index in [2.05, 4.69) is 10.6 Å². The molecular formula is C19H17N3O2. The summed E-state index contributed by atoms with van der Waals surface area (Å²) in [5, 5.41) is 5.39. The molecule has 2 N–H and O–H groups in total. The first-order valence-electron chi connectivity index (χ1n) is 7.59. The average molecular weight is 319 g/mol. The van der Waals surface area contributed by atoms with Gasteiger partial charge in [-0.25, -0.2) is 0 Å². The normalized spacial score (nSPS) is 10.2. The summed E-state index contributed by atoms with van der Waals surface area (Å²) in [7, 11) is 0. The minimum Gasteiger partial charge on any atom is -0.343 e. The highest BCUT2D eigenvalue weighted by Crippen LogP contribution is 2.14. The number of amides is 2. The van der Waals surface area contributed by atoms with Crippen LogP contribution in [-0.4, -0.2) is 22.9 Å². The second-order valence-corrected chi connectivity index (χ2v) is 5.24. The second kappa shape index (κ2) is 7.28. The summed E-state index contributed by atoms with van der Waals surface area (Å²) in [6, 6.07) is 20.2. The van der Waals surface area contributed by atoms with E-state index < -0.39 is 0 Å². The van der Waals surface area contributed by atoms with Gasteiger partial charge in [-0.15, -0.1) is 0 Å². The molecule has 120 valence electrons. The predicted molar refractivity (Wildman–Crippen MR) is 93.2 cm³/mol. The molecule has 0 aliphatic carbocycles. The average Bonchev–Trinajstić information content (AvgIpc) is 3.15. The van der Waals surface area contributed by atoms with E-state index in [1.165, 1.54) is 0 Å². The van der Waals surface area contributed by atoms with Crippen LogP contribution in [-0.2, 0) is 4.79 Å². The Balaban J connectivity index is 1.57. The van der Waals surface area contributed by atoms with Crippen molar-refractivity contribution >= 4 is 17.5 Å². The fraction of sp³-hybridized carbons (Fsp3) is 0.0526. The highest BCUT2D eigenvalue weighted by molar-refractivity contribution is 5.99. The summed E-state index contributed by atoms with van der Waals surface area (Å²) in [6.07, 6.45) is 3.86. The zero-order chi connectivity index (χ0) is 16.8. The smallest absolute Gasteiger partial charge is 0.251 e. The molecule has 2 amide bonds. The van der Waals surface area contributed by atoms with Crippen LogP contribution in [0.25, 0.3) is 5.69 Å². The maximum absolute atomic E-state index is 12.0. The van der Waals surface area contributed by atoms with Crippen LogP contribution < -0.4 is 10.6 Å². The fourth-order valence-corrected chi connectivity index (χ4v) is 2.31. The first-order chi connectivity index (χ1) is 11.7. The number of hydrogen-bond donors (Lipinski definition) is 2. The summed E-state index contributed by atoms with van der Waals surface area (Å²) in [5.74, 6) is -0.546. The molecule has 24 heavy (non-hydrogen) atoms. The Kier molecular flexibility index (Phi) is 4.72.